The number of para-hydroxylation sites is 1. The van der Waals surface area contributed by atoms with Gasteiger partial charge in [-0.05, 0) is 49.1 Å². The second-order valence-electron chi connectivity index (χ2n) is 10.5. The van der Waals surface area contributed by atoms with Crippen molar-refractivity contribution in [2.24, 2.45) is 11.5 Å². The van der Waals surface area contributed by atoms with Gasteiger partial charge in [-0.1, -0.05) is 30.8 Å². The quantitative estimate of drug-likeness (QED) is 0.161. The average molecular weight is 584 g/mol. The standard InChI is InChI=1S/C30H29N7O4S/c1-2-21(38)36-16-8-9-17(12-16)37-28(40)26-23-22-19(10-11-20(31)25(22)42-26)30(33,27(39)24(23)32)15-13-34-29(35-14-15)41-18-6-4-3-5-7-18/h2-7,10-11,13-14,16-17,24H,1,8-9,12,31-33H2,(H,36,38)(H,37,40)/t16-,17+,24?,30?/m1/s1. The summed E-state index contributed by atoms with van der Waals surface area (Å²) in [7, 11) is 0. The van der Waals surface area contributed by atoms with Crippen molar-refractivity contribution in [3.63, 3.8) is 0 Å². The van der Waals surface area contributed by atoms with Crippen LogP contribution in [0.5, 0.6) is 11.8 Å². The Morgan fingerprint density at radius 3 is 2.45 bits per heavy atom. The van der Waals surface area contributed by atoms with Crippen molar-refractivity contribution in [1.82, 2.24) is 20.6 Å². The van der Waals surface area contributed by atoms with Gasteiger partial charge in [0, 0.05) is 46.7 Å². The summed E-state index contributed by atoms with van der Waals surface area (Å²) in [6.45, 7) is 3.48. The van der Waals surface area contributed by atoms with Gasteiger partial charge >= 0.3 is 6.01 Å². The van der Waals surface area contributed by atoms with E-state index in [0.717, 1.165) is 6.42 Å². The summed E-state index contributed by atoms with van der Waals surface area (Å²) in [6.07, 6.45) is 6.13. The summed E-state index contributed by atoms with van der Waals surface area (Å²) in [5.41, 5.74) is 19.8. The van der Waals surface area contributed by atoms with E-state index >= 15 is 0 Å². The lowest BCUT2D eigenvalue weighted by atomic mass is 9.71. The number of ether oxygens (including phenoxy) is 1. The molecule has 0 spiro atoms. The molecule has 2 aliphatic carbocycles. The van der Waals surface area contributed by atoms with Gasteiger partial charge in [-0.25, -0.2) is 9.97 Å². The first kappa shape index (κ1) is 27.5. The topological polar surface area (TPSA) is 188 Å². The first-order chi connectivity index (χ1) is 20.2. The number of benzene rings is 2. The molecule has 0 aliphatic heterocycles. The molecule has 42 heavy (non-hydrogen) atoms. The first-order valence-corrected chi connectivity index (χ1v) is 14.3. The molecule has 2 heterocycles. The molecular weight excluding hydrogens is 554 g/mol. The number of hydrogen-bond acceptors (Lipinski definition) is 10. The molecule has 4 aromatic rings. The van der Waals surface area contributed by atoms with E-state index in [2.05, 4.69) is 27.2 Å². The summed E-state index contributed by atoms with van der Waals surface area (Å²) in [5, 5.41) is 6.51. The number of Topliss-reactive ketones (excluding diaryl/α,β-unsaturated/α-hetero) is 1. The minimum Gasteiger partial charge on any atom is -0.424 e. The molecule has 2 aromatic heterocycles. The molecule has 6 rings (SSSR count). The molecule has 1 saturated carbocycles. The van der Waals surface area contributed by atoms with Crippen molar-refractivity contribution < 1.29 is 19.1 Å². The maximum absolute atomic E-state index is 14.0. The van der Waals surface area contributed by atoms with Gasteiger partial charge in [-0.2, -0.15) is 0 Å². The Labute approximate surface area is 245 Å². The van der Waals surface area contributed by atoms with E-state index < -0.39 is 17.4 Å². The van der Waals surface area contributed by atoms with Crippen LogP contribution in [0, 0.1) is 0 Å². The van der Waals surface area contributed by atoms with Crippen LogP contribution in [0.1, 0.15) is 51.7 Å². The molecule has 2 unspecified atom stereocenters. The Morgan fingerprint density at radius 1 is 1.07 bits per heavy atom. The summed E-state index contributed by atoms with van der Waals surface area (Å²) < 4.78 is 6.31. The maximum atomic E-state index is 14.0. The van der Waals surface area contributed by atoms with Crippen LogP contribution in [-0.2, 0) is 15.1 Å². The zero-order valence-electron chi connectivity index (χ0n) is 22.5. The largest absolute Gasteiger partial charge is 0.424 e. The van der Waals surface area contributed by atoms with Crippen LogP contribution in [0.3, 0.4) is 0 Å². The maximum Gasteiger partial charge on any atom is 0.321 e. The third-order valence-electron chi connectivity index (χ3n) is 7.85. The van der Waals surface area contributed by atoms with E-state index in [-0.39, 0.29) is 29.9 Å². The predicted molar refractivity (Wildman–Crippen MR) is 159 cm³/mol. The number of nitrogens with zero attached hydrogens (tertiary/aromatic N) is 2. The number of aromatic nitrogens is 2. The molecule has 8 N–H and O–H groups in total. The minimum absolute atomic E-state index is 0.0581. The molecule has 12 heteroatoms. The Hall–Kier alpha value is -4.65. The molecule has 11 nitrogen and oxygen atoms in total. The number of nitrogen functional groups attached to an aromatic ring is 1. The SMILES string of the molecule is C=CC(=O)N[C@@H]1CC[C@H](NC(=O)c2sc3c(N)ccc4c3c2C(N)C(=O)C4(N)c2cnc(Oc3ccccc3)nc2)C1. The number of nitrogens with one attached hydrogen (secondary N) is 2. The first-order valence-electron chi connectivity index (χ1n) is 13.4. The molecule has 214 valence electrons. The molecular formula is C30H29N7O4S. The van der Waals surface area contributed by atoms with E-state index in [1.165, 1.54) is 29.8 Å². The summed E-state index contributed by atoms with van der Waals surface area (Å²) in [5.74, 6) is -0.535. The third kappa shape index (κ3) is 4.59. The van der Waals surface area contributed by atoms with Gasteiger partial charge in [0.15, 0.2) is 5.78 Å². The summed E-state index contributed by atoms with van der Waals surface area (Å²) >= 11 is 1.18. The van der Waals surface area contributed by atoms with Gasteiger partial charge in [0.1, 0.15) is 11.3 Å². The van der Waals surface area contributed by atoms with Gasteiger partial charge in [0.05, 0.1) is 15.6 Å². The number of hydrogen-bond donors (Lipinski definition) is 5. The molecule has 0 radical (unpaired) electrons. The number of nitrogens with two attached hydrogens (primary N) is 3. The lowest BCUT2D eigenvalue weighted by molar-refractivity contribution is -0.124. The van der Waals surface area contributed by atoms with Crippen molar-refractivity contribution in [2.75, 3.05) is 5.73 Å². The number of anilines is 1. The third-order valence-corrected chi connectivity index (χ3v) is 9.11. The smallest absolute Gasteiger partial charge is 0.321 e. The second-order valence-corrected chi connectivity index (χ2v) is 11.5. The Kier molecular flexibility index (Phi) is 6.97. The highest BCUT2D eigenvalue weighted by molar-refractivity contribution is 7.21. The molecule has 0 saturated heterocycles. The number of thiophene rings is 1. The van der Waals surface area contributed by atoms with Crippen molar-refractivity contribution in [1.29, 1.82) is 0 Å². The Morgan fingerprint density at radius 2 is 1.76 bits per heavy atom. The number of carbonyl (C=O) groups is 3. The van der Waals surface area contributed by atoms with Gasteiger partial charge < -0.3 is 32.6 Å². The Balaban J connectivity index is 1.34. The lowest BCUT2D eigenvalue weighted by Gasteiger charge is -2.36. The Bertz CT molecular complexity index is 1720. The van der Waals surface area contributed by atoms with Crippen LogP contribution in [0.4, 0.5) is 5.69 Å². The lowest BCUT2D eigenvalue weighted by Crippen LogP contribution is -2.52. The van der Waals surface area contributed by atoms with E-state index in [9.17, 15) is 14.4 Å². The van der Waals surface area contributed by atoms with Crippen LogP contribution in [0.25, 0.3) is 10.1 Å². The fourth-order valence-electron chi connectivity index (χ4n) is 5.77. The molecule has 2 aromatic carbocycles. The van der Waals surface area contributed by atoms with Crippen LogP contribution in [0.2, 0.25) is 0 Å². The zero-order valence-corrected chi connectivity index (χ0v) is 23.3. The van der Waals surface area contributed by atoms with Crippen LogP contribution >= 0.6 is 11.3 Å². The normalized spacial score (nSPS) is 23.0. The molecule has 2 amide bonds. The van der Waals surface area contributed by atoms with Gasteiger partial charge in [-0.3, -0.25) is 14.4 Å². The number of amides is 2. The zero-order chi connectivity index (χ0) is 29.6. The van der Waals surface area contributed by atoms with Gasteiger partial charge in [0.2, 0.25) is 5.91 Å². The van der Waals surface area contributed by atoms with Gasteiger partial charge in [-0.15, -0.1) is 11.3 Å². The van der Waals surface area contributed by atoms with Crippen molar-refractivity contribution >= 4 is 44.7 Å². The van der Waals surface area contributed by atoms with Crippen molar-refractivity contribution in [3.05, 3.63) is 89.1 Å². The molecule has 4 atom stereocenters. The predicted octanol–water partition coefficient (Wildman–Crippen LogP) is 2.80. The highest BCUT2D eigenvalue weighted by Gasteiger charge is 2.49. The summed E-state index contributed by atoms with van der Waals surface area (Å²) in [4.78, 5) is 48.1. The highest BCUT2D eigenvalue weighted by Crippen LogP contribution is 2.49. The molecule has 2 aliphatic rings. The number of ketones is 1. The van der Waals surface area contributed by atoms with E-state index in [0.29, 0.717) is 55.9 Å². The highest BCUT2D eigenvalue weighted by atomic mass is 32.1. The average Bonchev–Trinajstić information content (AvgIpc) is 3.61. The van der Waals surface area contributed by atoms with E-state index in [1.54, 1.807) is 24.3 Å². The van der Waals surface area contributed by atoms with Crippen LogP contribution in [-0.4, -0.2) is 39.6 Å². The number of carbonyl (C=O) groups excluding carboxylic acids is 3. The second kappa shape index (κ2) is 10.6. The van der Waals surface area contributed by atoms with Crippen LogP contribution < -0.4 is 32.6 Å². The van der Waals surface area contributed by atoms with Gasteiger partial charge in [0.25, 0.3) is 5.91 Å². The summed E-state index contributed by atoms with van der Waals surface area (Å²) in [6, 6.07) is 11.1. The monoisotopic (exact) mass is 583 g/mol. The fraction of sp³-hybridized carbons (Fsp3) is 0.233. The molecule has 1 fully saturated rings. The van der Waals surface area contributed by atoms with Crippen molar-refractivity contribution in [3.8, 4) is 11.8 Å². The van der Waals surface area contributed by atoms with Crippen molar-refractivity contribution in [2.45, 2.75) is 42.9 Å². The minimum atomic E-state index is -1.68. The van der Waals surface area contributed by atoms with Crippen LogP contribution in [0.15, 0.2) is 67.5 Å². The van der Waals surface area contributed by atoms with E-state index in [4.69, 9.17) is 21.9 Å². The number of rotatable bonds is 7. The fourth-order valence-corrected chi connectivity index (χ4v) is 6.97. The van der Waals surface area contributed by atoms with E-state index in [1.807, 2.05) is 18.2 Å². The molecule has 0 bridgehead atoms.